The first-order valence-corrected chi connectivity index (χ1v) is 9.24. The number of carbonyl (C=O) groups excluding carboxylic acids is 3. The molecular formula is C20H29N3O3. The summed E-state index contributed by atoms with van der Waals surface area (Å²) < 4.78 is 0. The van der Waals surface area contributed by atoms with E-state index in [-0.39, 0.29) is 23.3 Å². The number of rotatable bonds is 4. The Labute approximate surface area is 155 Å². The van der Waals surface area contributed by atoms with Gasteiger partial charge < -0.3 is 15.5 Å². The molecule has 142 valence electrons. The van der Waals surface area contributed by atoms with Crippen molar-refractivity contribution in [3.8, 4) is 0 Å². The first-order chi connectivity index (χ1) is 12.2. The Kier molecular flexibility index (Phi) is 6.40. The molecule has 1 aliphatic rings. The maximum Gasteiger partial charge on any atom is 0.251 e. The number of likely N-dealkylation sites (tertiary alicyclic amines) is 1. The third kappa shape index (κ3) is 5.31. The quantitative estimate of drug-likeness (QED) is 0.867. The Morgan fingerprint density at radius 3 is 2.35 bits per heavy atom. The predicted molar refractivity (Wildman–Crippen MR) is 102 cm³/mol. The van der Waals surface area contributed by atoms with Crippen LogP contribution >= 0.6 is 0 Å². The second-order valence-electron chi connectivity index (χ2n) is 7.72. The molecule has 1 aliphatic heterocycles. The molecule has 6 heteroatoms. The van der Waals surface area contributed by atoms with Crippen molar-refractivity contribution in [1.82, 2.24) is 10.2 Å². The fourth-order valence-corrected chi connectivity index (χ4v) is 3.05. The summed E-state index contributed by atoms with van der Waals surface area (Å²) in [6.45, 7) is 8.22. The second-order valence-corrected chi connectivity index (χ2v) is 7.72. The molecule has 1 aromatic carbocycles. The maximum atomic E-state index is 12.6. The van der Waals surface area contributed by atoms with Crippen molar-refractivity contribution < 1.29 is 14.4 Å². The lowest BCUT2D eigenvalue weighted by atomic mass is 10.0. The number of carbonyl (C=O) groups is 3. The van der Waals surface area contributed by atoms with Gasteiger partial charge in [-0.05, 0) is 64.3 Å². The Balaban J connectivity index is 2.02. The molecule has 26 heavy (non-hydrogen) atoms. The minimum Gasteiger partial charge on any atom is -0.347 e. The average molecular weight is 359 g/mol. The van der Waals surface area contributed by atoms with Crippen LogP contribution in [0.4, 0.5) is 5.69 Å². The van der Waals surface area contributed by atoms with Gasteiger partial charge in [-0.2, -0.15) is 0 Å². The van der Waals surface area contributed by atoms with Crippen LogP contribution < -0.4 is 10.6 Å². The highest BCUT2D eigenvalue weighted by Gasteiger charge is 2.31. The number of hydrogen-bond donors (Lipinski definition) is 2. The van der Waals surface area contributed by atoms with E-state index in [1.165, 1.54) is 0 Å². The Morgan fingerprint density at radius 1 is 1.12 bits per heavy atom. The first-order valence-electron chi connectivity index (χ1n) is 9.24. The number of anilines is 1. The molecule has 0 radical (unpaired) electrons. The van der Waals surface area contributed by atoms with Gasteiger partial charge in [-0.15, -0.1) is 0 Å². The minimum absolute atomic E-state index is 0.0130. The van der Waals surface area contributed by atoms with Crippen LogP contribution in [-0.2, 0) is 9.59 Å². The second kappa shape index (κ2) is 8.34. The van der Waals surface area contributed by atoms with Crippen LogP contribution in [0.25, 0.3) is 0 Å². The molecular weight excluding hydrogens is 330 g/mol. The lowest BCUT2D eigenvalue weighted by Gasteiger charge is -2.34. The highest BCUT2D eigenvalue weighted by atomic mass is 16.2. The predicted octanol–water partition coefficient (Wildman–Crippen LogP) is 2.94. The van der Waals surface area contributed by atoms with Gasteiger partial charge in [-0.3, -0.25) is 14.4 Å². The number of piperidine rings is 1. The molecule has 0 bridgehead atoms. The molecule has 0 aromatic heterocycles. The van der Waals surface area contributed by atoms with Crippen LogP contribution in [-0.4, -0.2) is 40.7 Å². The summed E-state index contributed by atoms with van der Waals surface area (Å²) in [4.78, 5) is 38.5. The van der Waals surface area contributed by atoms with Crippen LogP contribution in [0.15, 0.2) is 24.3 Å². The van der Waals surface area contributed by atoms with Crippen molar-refractivity contribution in [3.05, 3.63) is 29.8 Å². The zero-order valence-corrected chi connectivity index (χ0v) is 16.1. The van der Waals surface area contributed by atoms with E-state index in [1.807, 2.05) is 27.7 Å². The number of nitrogens with zero attached hydrogens (tertiary/aromatic N) is 1. The van der Waals surface area contributed by atoms with Gasteiger partial charge in [0.15, 0.2) is 0 Å². The van der Waals surface area contributed by atoms with Gasteiger partial charge in [0.05, 0.1) is 0 Å². The molecule has 3 amide bonds. The van der Waals surface area contributed by atoms with E-state index in [2.05, 4.69) is 10.6 Å². The van der Waals surface area contributed by atoms with Gasteiger partial charge in [0, 0.05) is 29.8 Å². The summed E-state index contributed by atoms with van der Waals surface area (Å²) in [5.41, 5.74) is 0.857. The molecule has 1 aromatic rings. The number of amides is 3. The van der Waals surface area contributed by atoms with E-state index in [4.69, 9.17) is 0 Å². The Hall–Kier alpha value is -2.37. The molecule has 0 saturated carbocycles. The van der Waals surface area contributed by atoms with E-state index >= 15 is 0 Å². The highest BCUT2D eigenvalue weighted by molar-refractivity contribution is 5.98. The third-order valence-electron chi connectivity index (χ3n) is 4.33. The van der Waals surface area contributed by atoms with Crippen molar-refractivity contribution >= 4 is 23.4 Å². The van der Waals surface area contributed by atoms with Gasteiger partial charge in [0.25, 0.3) is 5.91 Å². The van der Waals surface area contributed by atoms with E-state index in [1.54, 1.807) is 29.2 Å². The summed E-state index contributed by atoms with van der Waals surface area (Å²) in [5, 5.41) is 5.77. The van der Waals surface area contributed by atoms with Crippen molar-refractivity contribution in [2.75, 3.05) is 11.9 Å². The zero-order valence-electron chi connectivity index (χ0n) is 16.1. The molecule has 1 heterocycles. The lowest BCUT2D eigenvalue weighted by Crippen LogP contribution is -2.49. The Bertz CT molecular complexity index is 662. The summed E-state index contributed by atoms with van der Waals surface area (Å²) in [7, 11) is 0. The Morgan fingerprint density at radius 2 is 1.77 bits per heavy atom. The number of hydrogen-bond acceptors (Lipinski definition) is 3. The van der Waals surface area contributed by atoms with Crippen molar-refractivity contribution in [3.63, 3.8) is 0 Å². The van der Waals surface area contributed by atoms with Crippen molar-refractivity contribution in [2.24, 2.45) is 0 Å². The van der Waals surface area contributed by atoms with Crippen molar-refractivity contribution in [2.45, 2.75) is 65.0 Å². The zero-order chi connectivity index (χ0) is 19.3. The van der Waals surface area contributed by atoms with Crippen molar-refractivity contribution in [1.29, 1.82) is 0 Å². The maximum absolute atomic E-state index is 12.6. The minimum atomic E-state index is -0.417. The van der Waals surface area contributed by atoms with Gasteiger partial charge >= 0.3 is 0 Å². The van der Waals surface area contributed by atoms with Gasteiger partial charge in [-0.25, -0.2) is 0 Å². The molecule has 1 saturated heterocycles. The highest BCUT2D eigenvalue weighted by Crippen LogP contribution is 2.20. The van der Waals surface area contributed by atoms with Crippen LogP contribution in [0.3, 0.4) is 0 Å². The molecule has 1 fully saturated rings. The average Bonchev–Trinajstić information content (AvgIpc) is 2.60. The topological polar surface area (TPSA) is 78.5 Å². The summed E-state index contributed by atoms with van der Waals surface area (Å²) in [5.74, 6) is -0.306. The SMILES string of the molecule is CCC(=O)N1CCCC[C@H]1C(=O)Nc1ccc(C(=O)NC(C)(C)C)cc1. The summed E-state index contributed by atoms with van der Waals surface area (Å²) in [6.07, 6.45) is 2.97. The molecule has 0 unspecified atom stereocenters. The standard InChI is InChI=1S/C20H29N3O3/c1-5-17(24)23-13-7-6-8-16(23)19(26)21-15-11-9-14(10-12-15)18(25)22-20(2,3)4/h9-12,16H,5-8,13H2,1-4H3,(H,21,26)(H,22,25)/t16-/m0/s1. The molecule has 6 nitrogen and oxygen atoms in total. The van der Waals surface area contributed by atoms with E-state index in [0.717, 1.165) is 12.8 Å². The normalized spacial score (nSPS) is 17.5. The molecule has 1 atom stereocenters. The molecule has 0 spiro atoms. The largest absolute Gasteiger partial charge is 0.347 e. The molecule has 0 aliphatic carbocycles. The lowest BCUT2D eigenvalue weighted by molar-refractivity contribution is -0.140. The van der Waals surface area contributed by atoms with Gasteiger partial charge in [0.2, 0.25) is 11.8 Å². The smallest absolute Gasteiger partial charge is 0.251 e. The van der Waals surface area contributed by atoms with Crippen LogP contribution in [0, 0.1) is 0 Å². The summed E-state index contributed by atoms with van der Waals surface area (Å²) in [6, 6.07) is 6.38. The first kappa shape index (κ1) is 19.9. The molecule has 2 rings (SSSR count). The fraction of sp³-hybridized carbons (Fsp3) is 0.550. The van der Waals surface area contributed by atoms with Crippen LogP contribution in [0.5, 0.6) is 0 Å². The molecule has 2 N–H and O–H groups in total. The van der Waals surface area contributed by atoms with E-state index < -0.39 is 6.04 Å². The number of nitrogens with one attached hydrogen (secondary N) is 2. The van der Waals surface area contributed by atoms with E-state index in [0.29, 0.717) is 30.6 Å². The summed E-state index contributed by atoms with van der Waals surface area (Å²) >= 11 is 0. The van der Waals surface area contributed by atoms with Gasteiger partial charge in [-0.1, -0.05) is 6.92 Å². The van der Waals surface area contributed by atoms with E-state index in [9.17, 15) is 14.4 Å². The van der Waals surface area contributed by atoms with Crippen LogP contribution in [0.1, 0.15) is 63.7 Å². The fourth-order valence-electron chi connectivity index (χ4n) is 3.05. The monoisotopic (exact) mass is 359 g/mol. The van der Waals surface area contributed by atoms with Gasteiger partial charge in [0.1, 0.15) is 6.04 Å². The third-order valence-corrected chi connectivity index (χ3v) is 4.33. The van der Waals surface area contributed by atoms with Crippen LogP contribution in [0.2, 0.25) is 0 Å². The number of benzene rings is 1.